The van der Waals surface area contributed by atoms with E-state index in [0.29, 0.717) is 17.1 Å². The third-order valence-electron chi connectivity index (χ3n) is 5.83. The van der Waals surface area contributed by atoms with Crippen molar-refractivity contribution in [2.45, 2.75) is 44.4 Å². The Bertz CT molecular complexity index is 1120. The minimum Gasteiger partial charge on any atom is -0.350 e. The fourth-order valence-corrected chi connectivity index (χ4v) is 5.43. The van der Waals surface area contributed by atoms with E-state index in [1.165, 1.54) is 16.7 Å². The van der Waals surface area contributed by atoms with Crippen molar-refractivity contribution in [3.8, 4) is 0 Å². The molecule has 178 valence electrons. The molecule has 0 spiro atoms. The lowest BCUT2D eigenvalue weighted by Crippen LogP contribution is -2.35. The summed E-state index contributed by atoms with van der Waals surface area (Å²) in [4.78, 5) is 41.4. The third-order valence-corrected chi connectivity index (χ3v) is 7.44. The Balaban J connectivity index is 1.58. The van der Waals surface area contributed by atoms with Crippen molar-refractivity contribution in [2.75, 3.05) is 17.2 Å². The molecule has 2 N–H and O–H groups in total. The Morgan fingerprint density at radius 2 is 1.76 bits per heavy atom. The largest absolute Gasteiger partial charge is 0.350 e. The van der Waals surface area contributed by atoms with Gasteiger partial charge in [-0.3, -0.25) is 19.3 Å². The summed E-state index contributed by atoms with van der Waals surface area (Å²) in [6.45, 7) is 4.30. The lowest BCUT2D eigenvalue weighted by molar-refractivity contribution is -0.137. The SMILES string of the molecule is CC(C)CN1C(=O)C(Nc2ccc(Br)cc2)=C(Sc2cccc(NC(=O)C3CCCC3)c2)C1=O. The smallest absolute Gasteiger partial charge is 0.278 e. The first-order valence-corrected chi connectivity index (χ1v) is 13.1. The number of nitrogens with zero attached hydrogens (tertiary/aromatic N) is 1. The number of amides is 3. The summed E-state index contributed by atoms with van der Waals surface area (Å²) in [6.07, 6.45) is 4.06. The fourth-order valence-electron chi connectivity index (χ4n) is 4.15. The molecule has 1 heterocycles. The van der Waals surface area contributed by atoms with Gasteiger partial charge in [0.15, 0.2) is 0 Å². The molecule has 1 aliphatic heterocycles. The summed E-state index contributed by atoms with van der Waals surface area (Å²) >= 11 is 4.66. The highest BCUT2D eigenvalue weighted by molar-refractivity contribution is 9.10. The second-order valence-electron chi connectivity index (χ2n) is 9.05. The molecule has 0 aromatic heterocycles. The van der Waals surface area contributed by atoms with E-state index in [1.54, 1.807) is 0 Å². The van der Waals surface area contributed by atoms with E-state index in [0.717, 1.165) is 40.7 Å². The van der Waals surface area contributed by atoms with E-state index in [2.05, 4.69) is 26.6 Å². The molecule has 2 aromatic carbocycles. The van der Waals surface area contributed by atoms with Gasteiger partial charge in [0.1, 0.15) is 10.6 Å². The molecule has 0 unspecified atom stereocenters. The second-order valence-corrected chi connectivity index (χ2v) is 11.1. The lowest BCUT2D eigenvalue weighted by Gasteiger charge is -2.17. The zero-order valence-corrected chi connectivity index (χ0v) is 21.7. The van der Waals surface area contributed by atoms with Crippen LogP contribution in [0.4, 0.5) is 11.4 Å². The van der Waals surface area contributed by atoms with E-state index in [-0.39, 0.29) is 35.3 Å². The molecule has 0 bridgehead atoms. The molecule has 0 saturated heterocycles. The Morgan fingerprint density at radius 1 is 1.06 bits per heavy atom. The third kappa shape index (κ3) is 5.73. The van der Waals surface area contributed by atoms with Crippen LogP contribution in [0.2, 0.25) is 0 Å². The van der Waals surface area contributed by atoms with Crippen LogP contribution in [0.15, 0.2) is 68.5 Å². The first-order valence-electron chi connectivity index (χ1n) is 11.5. The topological polar surface area (TPSA) is 78.5 Å². The number of nitrogens with one attached hydrogen (secondary N) is 2. The Labute approximate surface area is 212 Å². The summed E-state index contributed by atoms with van der Waals surface area (Å²) in [5.74, 6) is -0.357. The molecule has 1 aliphatic carbocycles. The van der Waals surface area contributed by atoms with Crippen LogP contribution in [0, 0.1) is 11.8 Å². The number of carbonyl (C=O) groups is 3. The van der Waals surface area contributed by atoms with Crippen molar-refractivity contribution in [2.24, 2.45) is 11.8 Å². The normalized spacial score (nSPS) is 16.6. The van der Waals surface area contributed by atoms with Crippen LogP contribution in [0.25, 0.3) is 0 Å². The van der Waals surface area contributed by atoms with Gasteiger partial charge in [-0.25, -0.2) is 0 Å². The predicted molar refractivity (Wildman–Crippen MR) is 139 cm³/mol. The standard InChI is InChI=1S/C26H28BrN3O3S/c1-16(2)15-30-25(32)22(28-19-12-10-18(27)11-13-19)23(26(30)33)34-21-9-5-8-20(14-21)29-24(31)17-6-3-4-7-17/h5,8-14,16-17,28H,3-4,6-7,15H2,1-2H3,(H,29,31). The van der Waals surface area contributed by atoms with Crippen molar-refractivity contribution >= 4 is 56.8 Å². The molecule has 3 amide bonds. The maximum absolute atomic E-state index is 13.3. The first-order chi connectivity index (χ1) is 16.3. The molecule has 0 radical (unpaired) electrons. The second kappa shape index (κ2) is 10.8. The van der Waals surface area contributed by atoms with Crippen LogP contribution in [-0.4, -0.2) is 29.2 Å². The van der Waals surface area contributed by atoms with Crippen LogP contribution >= 0.6 is 27.7 Å². The van der Waals surface area contributed by atoms with Crippen molar-refractivity contribution in [1.29, 1.82) is 0 Å². The quantitative estimate of drug-likeness (QED) is 0.399. The summed E-state index contributed by atoms with van der Waals surface area (Å²) in [6, 6.07) is 14.9. The van der Waals surface area contributed by atoms with Gasteiger partial charge in [-0.05, 0) is 61.2 Å². The molecule has 4 rings (SSSR count). The molecule has 8 heteroatoms. The molecule has 2 aromatic rings. The predicted octanol–water partition coefficient (Wildman–Crippen LogP) is 6.02. The highest BCUT2D eigenvalue weighted by Gasteiger charge is 2.39. The molecular formula is C26H28BrN3O3S. The average molecular weight is 542 g/mol. The summed E-state index contributed by atoms with van der Waals surface area (Å²) in [5, 5.41) is 6.17. The van der Waals surface area contributed by atoms with Gasteiger partial charge in [-0.2, -0.15) is 0 Å². The highest BCUT2D eigenvalue weighted by atomic mass is 79.9. The molecule has 1 fully saturated rings. The number of carbonyl (C=O) groups excluding carboxylic acids is 3. The highest BCUT2D eigenvalue weighted by Crippen LogP contribution is 2.37. The minimum atomic E-state index is -0.324. The summed E-state index contributed by atoms with van der Waals surface area (Å²) < 4.78 is 0.924. The van der Waals surface area contributed by atoms with Gasteiger partial charge in [0.25, 0.3) is 11.8 Å². The van der Waals surface area contributed by atoms with Crippen molar-refractivity contribution in [3.63, 3.8) is 0 Å². The molecule has 1 saturated carbocycles. The van der Waals surface area contributed by atoms with Gasteiger partial charge in [0.2, 0.25) is 5.91 Å². The Morgan fingerprint density at radius 3 is 2.44 bits per heavy atom. The lowest BCUT2D eigenvalue weighted by atomic mass is 10.1. The van der Waals surface area contributed by atoms with Crippen LogP contribution in [0.3, 0.4) is 0 Å². The van der Waals surface area contributed by atoms with E-state index in [9.17, 15) is 14.4 Å². The maximum atomic E-state index is 13.3. The van der Waals surface area contributed by atoms with Crippen LogP contribution in [0.5, 0.6) is 0 Å². The number of anilines is 2. The van der Waals surface area contributed by atoms with Gasteiger partial charge in [0, 0.05) is 33.2 Å². The fraction of sp³-hybridized carbons (Fsp3) is 0.346. The molecular weight excluding hydrogens is 514 g/mol. The number of benzene rings is 2. The summed E-state index contributed by atoms with van der Waals surface area (Å²) in [5.41, 5.74) is 1.69. The maximum Gasteiger partial charge on any atom is 0.278 e. The molecule has 2 aliphatic rings. The van der Waals surface area contributed by atoms with Crippen LogP contribution < -0.4 is 10.6 Å². The van der Waals surface area contributed by atoms with Crippen molar-refractivity contribution in [1.82, 2.24) is 4.90 Å². The summed E-state index contributed by atoms with van der Waals surface area (Å²) in [7, 11) is 0. The number of halogens is 1. The van der Waals surface area contributed by atoms with Gasteiger partial charge in [-0.15, -0.1) is 0 Å². The number of hydrogen-bond donors (Lipinski definition) is 2. The van der Waals surface area contributed by atoms with E-state index in [4.69, 9.17) is 0 Å². The van der Waals surface area contributed by atoms with Crippen molar-refractivity contribution < 1.29 is 14.4 Å². The van der Waals surface area contributed by atoms with Gasteiger partial charge >= 0.3 is 0 Å². The monoisotopic (exact) mass is 541 g/mol. The molecule has 0 atom stereocenters. The van der Waals surface area contributed by atoms with Gasteiger partial charge in [-0.1, -0.05) is 60.4 Å². The zero-order valence-electron chi connectivity index (χ0n) is 19.3. The Kier molecular flexibility index (Phi) is 7.78. The zero-order chi connectivity index (χ0) is 24.2. The van der Waals surface area contributed by atoms with E-state index in [1.807, 2.05) is 62.4 Å². The number of rotatable bonds is 8. The van der Waals surface area contributed by atoms with Crippen LogP contribution in [-0.2, 0) is 14.4 Å². The average Bonchev–Trinajstić information content (AvgIpc) is 3.41. The number of thioether (sulfide) groups is 1. The van der Waals surface area contributed by atoms with E-state index >= 15 is 0 Å². The van der Waals surface area contributed by atoms with Gasteiger partial charge < -0.3 is 10.6 Å². The number of hydrogen-bond acceptors (Lipinski definition) is 5. The minimum absolute atomic E-state index is 0.0479. The van der Waals surface area contributed by atoms with Crippen LogP contribution in [0.1, 0.15) is 39.5 Å². The van der Waals surface area contributed by atoms with E-state index < -0.39 is 0 Å². The Hall–Kier alpha value is -2.58. The molecule has 34 heavy (non-hydrogen) atoms. The van der Waals surface area contributed by atoms with Gasteiger partial charge in [0.05, 0.1) is 0 Å². The molecule has 6 nitrogen and oxygen atoms in total. The number of imide groups is 1. The van der Waals surface area contributed by atoms with Crippen molar-refractivity contribution in [3.05, 3.63) is 63.6 Å². The first kappa shape index (κ1) is 24.5.